The minimum absolute atomic E-state index is 0.103. The molecule has 1 amide bonds. The summed E-state index contributed by atoms with van der Waals surface area (Å²) in [6.07, 6.45) is 7.73. The van der Waals surface area contributed by atoms with Crippen LogP contribution in [0.15, 0.2) is 22.8 Å². The predicted octanol–water partition coefficient (Wildman–Crippen LogP) is 1.69. The molecule has 0 atom stereocenters. The van der Waals surface area contributed by atoms with Crippen molar-refractivity contribution >= 4 is 23.2 Å². The second kappa shape index (κ2) is 7.89. The Hall–Kier alpha value is -1.56. The molecule has 1 aliphatic carbocycles. The second-order valence-corrected chi connectivity index (χ2v) is 5.43. The SMILES string of the molecule is O=C(CNC(=S)NC1CCCCC1)NCc1ccco1. The van der Waals surface area contributed by atoms with Gasteiger partial charge in [-0.2, -0.15) is 0 Å². The zero-order valence-corrected chi connectivity index (χ0v) is 12.3. The summed E-state index contributed by atoms with van der Waals surface area (Å²) >= 11 is 5.20. The Morgan fingerprint density at radius 1 is 1.30 bits per heavy atom. The molecule has 1 aromatic rings. The van der Waals surface area contributed by atoms with Crippen LogP contribution in [-0.2, 0) is 11.3 Å². The lowest BCUT2D eigenvalue weighted by molar-refractivity contribution is -0.120. The van der Waals surface area contributed by atoms with Crippen LogP contribution in [-0.4, -0.2) is 23.6 Å². The molecule has 2 rings (SSSR count). The minimum atomic E-state index is -0.103. The molecule has 1 aliphatic rings. The van der Waals surface area contributed by atoms with E-state index in [1.54, 1.807) is 12.3 Å². The third-order valence-corrected chi connectivity index (χ3v) is 3.65. The highest BCUT2D eigenvalue weighted by atomic mass is 32.1. The number of hydrogen-bond donors (Lipinski definition) is 3. The van der Waals surface area contributed by atoms with Crippen molar-refractivity contribution in [1.82, 2.24) is 16.0 Å². The summed E-state index contributed by atoms with van der Waals surface area (Å²) in [6, 6.07) is 4.07. The van der Waals surface area contributed by atoms with Gasteiger partial charge in [-0.05, 0) is 37.2 Å². The highest BCUT2D eigenvalue weighted by molar-refractivity contribution is 7.80. The van der Waals surface area contributed by atoms with Gasteiger partial charge in [0.1, 0.15) is 5.76 Å². The predicted molar refractivity (Wildman–Crippen MR) is 81.2 cm³/mol. The molecule has 110 valence electrons. The number of rotatable bonds is 5. The highest BCUT2D eigenvalue weighted by Gasteiger charge is 2.14. The molecule has 20 heavy (non-hydrogen) atoms. The van der Waals surface area contributed by atoms with Crippen molar-refractivity contribution in [2.45, 2.75) is 44.7 Å². The summed E-state index contributed by atoms with van der Waals surface area (Å²) in [4.78, 5) is 11.6. The van der Waals surface area contributed by atoms with Crippen LogP contribution < -0.4 is 16.0 Å². The van der Waals surface area contributed by atoms with Gasteiger partial charge < -0.3 is 20.4 Å². The van der Waals surface area contributed by atoms with Crippen molar-refractivity contribution in [2.24, 2.45) is 0 Å². The average Bonchev–Trinajstić information content (AvgIpc) is 2.97. The fraction of sp³-hybridized carbons (Fsp3) is 0.571. The van der Waals surface area contributed by atoms with E-state index < -0.39 is 0 Å². The number of carbonyl (C=O) groups excluding carboxylic acids is 1. The summed E-state index contributed by atoms with van der Waals surface area (Å²) in [7, 11) is 0. The quantitative estimate of drug-likeness (QED) is 0.722. The van der Waals surface area contributed by atoms with Gasteiger partial charge in [0.25, 0.3) is 0 Å². The smallest absolute Gasteiger partial charge is 0.239 e. The summed E-state index contributed by atoms with van der Waals surface area (Å²) in [6.45, 7) is 0.579. The fourth-order valence-corrected chi connectivity index (χ4v) is 2.54. The molecular formula is C14H21N3O2S. The van der Waals surface area contributed by atoms with E-state index in [4.69, 9.17) is 16.6 Å². The largest absolute Gasteiger partial charge is 0.467 e. The number of carbonyl (C=O) groups is 1. The van der Waals surface area contributed by atoms with E-state index in [1.165, 1.54) is 19.3 Å². The Balaban J connectivity index is 1.58. The standard InChI is InChI=1S/C14H21N3O2S/c18-13(15-9-12-7-4-8-19-12)10-16-14(20)17-11-5-2-1-3-6-11/h4,7-8,11H,1-3,5-6,9-10H2,(H,15,18)(H2,16,17,20). The van der Waals surface area contributed by atoms with Gasteiger partial charge in [-0.3, -0.25) is 4.79 Å². The van der Waals surface area contributed by atoms with Gasteiger partial charge in [0.15, 0.2) is 5.11 Å². The van der Waals surface area contributed by atoms with Crippen LogP contribution in [0.2, 0.25) is 0 Å². The molecule has 0 unspecified atom stereocenters. The monoisotopic (exact) mass is 295 g/mol. The molecule has 0 saturated heterocycles. The Kier molecular flexibility index (Phi) is 5.86. The summed E-state index contributed by atoms with van der Waals surface area (Å²) in [5.41, 5.74) is 0. The molecule has 0 spiro atoms. The molecular weight excluding hydrogens is 274 g/mol. The molecule has 0 aromatic carbocycles. The Labute approximate surface area is 124 Å². The fourth-order valence-electron chi connectivity index (χ4n) is 2.31. The summed E-state index contributed by atoms with van der Waals surface area (Å²) in [5.74, 6) is 0.635. The van der Waals surface area contributed by atoms with Crippen molar-refractivity contribution in [3.8, 4) is 0 Å². The molecule has 1 saturated carbocycles. The van der Waals surface area contributed by atoms with Gasteiger partial charge >= 0.3 is 0 Å². The first-order chi connectivity index (χ1) is 9.74. The van der Waals surface area contributed by atoms with Crippen molar-refractivity contribution in [1.29, 1.82) is 0 Å². The van der Waals surface area contributed by atoms with Gasteiger partial charge in [0, 0.05) is 6.04 Å². The van der Waals surface area contributed by atoms with Crippen molar-refractivity contribution < 1.29 is 9.21 Å². The average molecular weight is 295 g/mol. The summed E-state index contributed by atoms with van der Waals surface area (Å²) < 4.78 is 5.14. The number of hydrogen-bond acceptors (Lipinski definition) is 3. The third kappa shape index (κ3) is 5.21. The van der Waals surface area contributed by atoms with E-state index in [9.17, 15) is 4.79 Å². The van der Waals surface area contributed by atoms with Crippen LogP contribution in [0.3, 0.4) is 0 Å². The van der Waals surface area contributed by atoms with Crippen molar-refractivity contribution in [3.63, 3.8) is 0 Å². The highest BCUT2D eigenvalue weighted by Crippen LogP contribution is 2.17. The van der Waals surface area contributed by atoms with Crippen molar-refractivity contribution in [2.75, 3.05) is 6.54 Å². The first kappa shape index (κ1) is 14.8. The number of nitrogens with one attached hydrogen (secondary N) is 3. The van der Waals surface area contributed by atoms with Gasteiger partial charge in [-0.15, -0.1) is 0 Å². The van der Waals surface area contributed by atoms with Gasteiger partial charge in [0.2, 0.25) is 5.91 Å². The van der Waals surface area contributed by atoms with E-state index in [1.807, 2.05) is 6.07 Å². The van der Waals surface area contributed by atoms with Gasteiger partial charge in [-0.1, -0.05) is 19.3 Å². The molecule has 0 radical (unpaired) electrons. The minimum Gasteiger partial charge on any atom is -0.467 e. The zero-order valence-electron chi connectivity index (χ0n) is 11.5. The molecule has 1 aromatic heterocycles. The molecule has 3 N–H and O–H groups in total. The Morgan fingerprint density at radius 2 is 2.10 bits per heavy atom. The first-order valence-corrected chi connectivity index (χ1v) is 7.48. The zero-order chi connectivity index (χ0) is 14.2. The van der Waals surface area contributed by atoms with E-state index in [0.717, 1.165) is 18.6 Å². The van der Waals surface area contributed by atoms with Crippen LogP contribution in [0.4, 0.5) is 0 Å². The Morgan fingerprint density at radius 3 is 2.80 bits per heavy atom. The van der Waals surface area contributed by atoms with E-state index in [2.05, 4.69) is 16.0 Å². The van der Waals surface area contributed by atoms with Crippen LogP contribution >= 0.6 is 12.2 Å². The molecule has 1 fully saturated rings. The maximum absolute atomic E-state index is 11.6. The van der Waals surface area contributed by atoms with E-state index in [0.29, 0.717) is 17.7 Å². The van der Waals surface area contributed by atoms with Gasteiger partial charge in [0.05, 0.1) is 19.4 Å². The van der Waals surface area contributed by atoms with Crippen LogP contribution in [0.25, 0.3) is 0 Å². The molecule has 1 heterocycles. The van der Waals surface area contributed by atoms with Gasteiger partial charge in [-0.25, -0.2) is 0 Å². The molecule has 5 nitrogen and oxygen atoms in total. The second-order valence-electron chi connectivity index (χ2n) is 5.02. The molecule has 0 aliphatic heterocycles. The number of thiocarbonyl (C=S) groups is 1. The maximum atomic E-state index is 11.6. The maximum Gasteiger partial charge on any atom is 0.239 e. The number of amides is 1. The van der Waals surface area contributed by atoms with Crippen LogP contribution in [0.1, 0.15) is 37.9 Å². The normalized spacial score (nSPS) is 15.6. The lowest BCUT2D eigenvalue weighted by atomic mass is 9.96. The van der Waals surface area contributed by atoms with E-state index in [-0.39, 0.29) is 12.5 Å². The third-order valence-electron chi connectivity index (χ3n) is 3.39. The van der Waals surface area contributed by atoms with Crippen LogP contribution in [0, 0.1) is 0 Å². The topological polar surface area (TPSA) is 66.3 Å². The lowest BCUT2D eigenvalue weighted by Gasteiger charge is -2.24. The van der Waals surface area contributed by atoms with Crippen LogP contribution in [0.5, 0.6) is 0 Å². The van der Waals surface area contributed by atoms with Crippen molar-refractivity contribution in [3.05, 3.63) is 24.2 Å². The molecule has 0 bridgehead atoms. The lowest BCUT2D eigenvalue weighted by Crippen LogP contribution is -2.46. The molecule has 6 heteroatoms. The summed E-state index contributed by atoms with van der Waals surface area (Å²) in [5, 5.41) is 9.52. The van der Waals surface area contributed by atoms with E-state index >= 15 is 0 Å². The number of furan rings is 1. The Bertz CT molecular complexity index is 428. The first-order valence-electron chi connectivity index (χ1n) is 7.07.